The fourth-order valence-electron chi connectivity index (χ4n) is 5.02. The maximum atomic E-state index is 5.77. The lowest BCUT2D eigenvalue weighted by atomic mass is 9.88. The van der Waals surface area contributed by atoms with Gasteiger partial charge in [0.2, 0.25) is 0 Å². The molecule has 0 radical (unpaired) electrons. The molecule has 0 aromatic heterocycles. The zero-order valence-electron chi connectivity index (χ0n) is 17.5. The van der Waals surface area contributed by atoms with Crippen molar-refractivity contribution in [2.45, 2.75) is 12.3 Å². The lowest BCUT2D eigenvalue weighted by molar-refractivity contribution is 0.418. The Morgan fingerprint density at radius 3 is 1.68 bits per heavy atom. The van der Waals surface area contributed by atoms with Gasteiger partial charge in [-0.05, 0) is 62.2 Å². The minimum atomic E-state index is -0.429. The molecular formula is C29H23OP. The third-order valence-corrected chi connectivity index (χ3v) is 8.92. The Morgan fingerprint density at radius 1 is 0.581 bits per heavy atom. The number of rotatable bonds is 2. The fourth-order valence-corrected chi connectivity index (χ4v) is 7.59. The Bertz CT molecular complexity index is 1350. The molecule has 0 N–H and O–H groups in total. The van der Waals surface area contributed by atoms with Gasteiger partial charge in [-0.1, -0.05) is 98.9 Å². The van der Waals surface area contributed by atoms with Gasteiger partial charge in [-0.3, -0.25) is 0 Å². The van der Waals surface area contributed by atoms with Gasteiger partial charge in [-0.2, -0.15) is 0 Å². The van der Waals surface area contributed by atoms with E-state index in [-0.39, 0.29) is 0 Å². The smallest absolute Gasteiger partial charge is 0.126 e. The number of para-hydroxylation sites is 1. The molecule has 6 rings (SSSR count). The molecule has 0 spiro atoms. The maximum Gasteiger partial charge on any atom is 0.126 e. The lowest BCUT2D eigenvalue weighted by Gasteiger charge is -2.19. The van der Waals surface area contributed by atoms with Gasteiger partial charge in [0.1, 0.15) is 5.75 Å². The van der Waals surface area contributed by atoms with Crippen LogP contribution in [-0.4, -0.2) is 7.11 Å². The van der Waals surface area contributed by atoms with Crippen molar-refractivity contribution in [3.63, 3.8) is 0 Å². The van der Waals surface area contributed by atoms with Gasteiger partial charge in [-0.25, -0.2) is 0 Å². The van der Waals surface area contributed by atoms with Crippen molar-refractivity contribution in [3.05, 3.63) is 108 Å². The third kappa shape index (κ3) is 3.04. The van der Waals surface area contributed by atoms with Crippen LogP contribution < -0.4 is 10.0 Å². The molecule has 5 aromatic rings. The maximum absolute atomic E-state index is 5.77. The van der Waals surface area contributed by atoms with Crippen molar-refractivity contribution < 1.29 is 4.74 Å². The molecule has 0 fully saturated rings. The largest absolute Gasteiger partial charge is 0.496 e. The average molecular weight is 418 g/mol. The van der Waals surface area contributed by atoms with E-state index in [0.29, 0.717) is 0 Å². The normalized spacial score (nSPS) is 13.6. The average Bonchev–Trinajstić information content (AvgIpc) is 3.01. The molecule has 2 heteroatoms. The SMILES string of the molecule is COc1ccccc1P1Cc2ccc3ccccc3c2-c2c(ccc3ccccc23)C1. The summed E-state index contributed by atoms with van der Waals surface area (Å²) in [7, 11) is 1.36. The van der Waals surface area contributed by atoms with Gasteiger partial charge in [0.25, 0.3) is 0 Å². The van der Waals surface area contributed by atoms with E-state index in [1.54, 1.807) is 7.11 Å². The van der Waals surface area contributed by atoms with Gasteiger partial charge in [-0.15, -0.1) is 0 Å². The van der Waals surface area contributed by atoms with Crippen molar-refractivity contribution in [2.24, 2.45) is 0 Å². The van der Waals surface area contributed by atoms with E-state index in [0.717, 1.165) is 18.1 Å². The number of fused-ring (bicyclic) bond motifs is 7. The van der Waals surface area contributed by atoms with Gasteiger partial charge in [0, 0.05) is 5.30 Å². The van der Waals surface area contributed by atoms with E-state index >= 15 is 0 Å². The summed E-state index contributed by atoms with van der Waals surface area (Å²) in [6.45, 7) is 0. The first-order chi connectivity index (χ1) is 15.3. The van der Waals surface area contributed by atoms with E-state index < -0.39 is 7.92 Å². The van der Waals surface area contributed by atoms with E-state index in [1.165, 1.54) is 49.1 Å². The lowest BCUT2D eigenvalue weighted by Crippen LogP contribution is -2.07. The Labute approximate surface area is 184 Å². The van der Waals surface area contributed by atoms with Crippen LogP contribution in [0.2, 0.25) is 0 Å². The van der Waals surface area contributed by atoms with E-state index in [4.69, 9.17) is 4.74 Å². The number of hydrogen-bond donors (Lipinski definition) is 0. The standard InChI is InChI=1S/C29H23OP/c1-30-26-12-6-7-13-27(26)31-18-22-16-14-20-8-2-4-10-24(20)28(22)29-23(19-31)17-15-21-9-3-5-11-25(21)29/h2-17H,18-19H2,1H3. The highest BCUT2D eigenvalue weighted by Gasteiger charge is 2.26. The molecule has 5 aromatic carbocycles. The molecular weight excluding hydrogens is 395 g/mol. The Balaban J connectivity index is 1.69. The molecule has 0 bridgehead atoms. The second-order valence-electron chi connectivity index (χ2n) is 8.17. The summed E-state index contributed by atoms with van der Waals surface area (Å²) in [6.07, 6.45) is 2.14. The second-order valence-corrected chi connectivity index (χ2v) is 10.4. The van der Waals surface area contributed by atoms with Gasteiger partial charge >= 0.3 is 0 Å². The summed E-state index contributed by atoms with van der Waals surface area (Å²) in [4.78, 5) is 0. The topological polar surface area (TPSA) is 9.23 Å². The van der Waals surface area contributed by atoms with Crippen molar-refractivity contribution in [1.29, 1.82) is 0 Å². The molecule has 1 heterocycles. The molecule has 0 unspecified atom stereocenters. The van der Waals surface area contributed by atoms with Gasteiger partial charge < -0.3 is 4.74 Å². The van der Waals surface area contributed by atoms with Crippen molar-refractivity contribution in [3.8, 4) is 16.9 Å². The highest BCUT2D eigenvalue weighted by Crippen LogP contribution is 2.53. The zero-order chi connectivity index (χ0) is 20.8. The zero-order valence-corrected chi connectivity index (χ0v) is 18.4. The molecule has 1 nitrogen and oxygen atoms in total. The number of methoxy groups -OCH3 is 1. The summed E-state index contributed by atoms with van der Waals surface area (Å²) >= 11 is 0. The molecule has 0 amide bonds. The number of benzene rings is 5. The monoisotopic (exact) mass is 418 g/mol. The Kier molecular flexibility index (Phi) is 4.51. The van der Waals surface area contributed by atoms with E-state index in [9.17, 15) is 0 Å². The van der Waals surface area contributed by atoms with Gasteiger partial charge in [0.15, 0.2) is 0 Å². The molecule has 0 aliphatic carbocycles. The molecule has 1 aliphatic rings. The first kappa shape index (κ1) is 18.6. The highest BCUT2D eigenvalue weighted by atomic mass is 31.1. The van der Waals surface area contributed by atoms with Crippen molar-refractivity contribution >= 4 is 34.8 Å². The summed E-state index contributed by atoms with van der Waals surface area (Å²) in [5.41, 5.74) is 5.74. The second kappa shape index (κ2) is 7.52. The Morgan fingerprint density at radius 2 is 1.10 bits per heavy atom. The molecule has 1 aliphatic heterocycles. The molecule has 0 saturated heterocycles. The van der Waals surface area contributed by atoms with Crippen molar-refractivity contribution in [2.75, 3.05) is 7.11 Å². The minimum Gasteiger partial charge on any atom is -0.496 e. The summed E-state index contributed by atoms with van der Waals surface area (Å²) in [5, 5.41) is 6.69. The molecule has 0 saturated carbocycles. The third-order valence-electron chi connectivity index (χ3n) is 6.43. The van der Waals surface area contributed by atoms with Gasteiger partial charge in [0.05, 0.1) is 7.11 Å². The minimum absolute atomic E-state index is 0.429. The van der Waals surface area contributed by atoms with Crippen LogP contribution in [0.4, 0.5) is 0 Å². The number of hydrogen-bond acceptors (Lipinski definition) is 1. The summed E-state index contributed by atoms with van der Waals surface area (Å²) < 4.78 is 5.77. The van der Waals surface area contributed by atoms with Crippen molar-refractivity contribution in [1.82, 2.24) is 0 Å². The summed E-state index contributed by atoms with van der Waals surface area (Å²) in [6, 6.07) is 35.5. The molecule has 150 valence electrons. The first-order valence-corrected chi connectivity index (χ1v) is 12.4. The van der Waals surface area contributed by atoms with Crippen LogP contribution in [0.15, 0.2) is 97.1 Å². The summed E-state index contributed by atoms with van der Waals surface area (Å²) in [5.74, 6) is 1.01. The van der Waals surface area contributed by atoms with Crippen LogP contribution in [0.5, 0.6) is 5.75 Å². The highest BCUT2D eigenvalue weighted by molar-refractivity contribution is 7.64. The van der Waals surface area contributed by atoms with Crippen LogP contribution in [-0.2, 0) is 12.3 Å². The predicted octanol–water partition coefficient (Wildman–Crippen LogP) is 7.49. The van der Waals surface area contributed by atoms with E-state index in [1.807, 2.05) is 0 Å². The van der Waals surface area contributed by atoms with Crippen LogP contribution in [0.1, 0.15) is 11.1 Å². The fraction of sp³-hybridized carbons (Fsp3) is 0.103. The predicted molar refractivity (Wildman–Crippen MR) is 134 cm³/mol. The quantitative estimate of drug-likeness (QED) is 0.270. The van der Waals surface area contributed by atoms with Crippen LogP contribution in [0.25, 0.3) is 32.7 Å². The van der Waals surface area contributed by atoms with E-state index in [2.05, 4.69) is 97.1 Å². The van der Waals surface area contributed by atoms with Crippen LogP contribution in [0, 0.1) is 0 Å². The number of ether oxygens (including phenoxy) is 1. The molecule has 31 heavy (non-hydrogen) atoms. The first-order valence-electron chi connectivity index (χ1n) is 10.7. The molecule has 0 atom stereocenters. The van der Waals surface area contributed by atoms with Crippen LogP contribution >= 0.6 is 7.92 Å². The van der Waals surface area contributed by atoms with Crippen LogP contribution in [0.3, 0.4) is 0 Å². The Hall–Kier alpha value is -3.15.